The minimum Gasteiger partial charge on any atom is -0.469 e. The molecule has 0 spiro atoms. The molecular weight excluding hydrogens is 417 g/mol. The Labute approximate surface area is 162 Å². The molecule has 0 amide bonds. The molecule has 0 bridgehead atoms. The predicted octanol–water partition coefficient (Wildman–Crippen LogP) is 2.95. The minimum absolute atomic E-state index is 0. The number of halogens is 1. The summed E-state index contributed by atoms with van der Waals surface area (Å²) in [6.07, 6.45) is 0. The first-order valence-electron chi connectivity index (χ1n) is 8.06. The zero-order valence-electron chi connectivity index (χ0n) is 15.3. The average Bonchev–Trinajstić information content (AvgIpc) is 2.57. The van der Waals surface area contributed by atoms with E-state index in [-0.39, 0.29) is 41.3 Å². The summed E-state index contributed by atoms with van der Waals surface area (Å²) >= 11 is 0. The number of hydrogen-bond acceptors (Lipinski definition) is 3. The quantitative estimate of drug-likeness (QED) is 0.292. The standard InChI is InChI=1S/C18H29N3O2.HI/c1-6-19-17(20-12-14(2)16(22)23-5)21-13-18(3,4)15-10-8-7-9-11-15;/h7-11,14H,6,12-13H2,1-5H3,(H2,19,20,21);1H. The van der Waals surface area contributed by atoms with Crippen molar-refractivity contribution in [1.29, 1.82) is 0 Å². The number of guanidine groups is 1. The molecule has 1 rings (SSSR count). The Hall–Kier alpha value is -1.31. The number of nitrogens with one attached hydrogen (secondary N) is 2. The normalized spacial score (nSPS) is 12.8. The molecule has 1 unspecified atom stereocenters. The van der Waals surface area contributed by atoms with Crippen molar-refractivity contribution in [1.82, 2.24) is 10.6 Å². The highest BCUT2D eigenvalue weighted by Gasteiger charge is 2.20. The first-order chi connectivity index (χ1) is 10.9. The Bertz CT molecular complexity index is 518. The zero-order valence-corrected chi connectivity index (χ0v) is 17.6. The van der Waals surface area contributed by atoms with Crippen LogP contribution in [0.3, 0.4) is 0 Å². The summed E-state index contributed by atoms with van der Waals surface area (Å²) in [6.45, 7) is 10.1. The van der Waals surface area contributed by atoms with Crippen molar-refractivity contribution >= 4 is 35.9 Å². The third kappa shape index (κ3) is 7.51. The molecule has 136 valence electrons. The van der Waals surface area contributed by atoms with Crippen molar-refractivity contribution in [2.45, 2.75) is 33.1 Å². The van der Waals surface area contributed by atoms with Gasteiger partial charge in [-0.25, -0.2) is 0 Å². The van der Waals surface area contributed by atoms with E-state index in [9.17, 15) is 4.79 Å². The van der Waals surface area contributed by atoms with Gasteiger partial charge < -0.3 is 15.4 Å². The van der Waals surface area contributed by atoms with E-state index in [1.54, 1.807) is 0 Å². The van der Waals surface area contributed by atoms with Gasteiger partial charge in [0.2, 0.25) is 0 Å². The molecular formula is C18H30IN3O2. The first-order valence-corrected chi connectivity index (χ1v) is 8.06. The van der Waals surface area contributed by atoms with Gasteiger partial charge in [-0.2, -0.15) is 0 Å². The van der Waals surface area contributed by atoms with Crippen molar-refractivity contribution < 1.29 is 9.53 Å². The number of ether oxygens (including phenoxy) is 1. The van der Waals surface area contributed by atoms with E-state index < -0.39 is 0 Å². The third-order valence-electron chi connectivity index (χ3n) is 3.71. The average molecular weight is 447 g/mol. The van der Waals surface area contributed by atoms with Crippen LogP contribution in [0.1, 0.15) is 33.3 Å². The van der Waals surface area contributed by atoms with Gasteiger partial charge in [0.15, 0.2) is 5.96 Å². The second-order valence-electron chi connectivity index (χ2n) is 6.25. The molecule has 0 aliphatic carbocycles. The molecule has 1 atom stereocenters. The van der Waals surface area contributed by atoms with E-state index in [2.05, 4.69) is 41.6 Å². The summed E-state index contributed by atoms with van der Waals surface area (Å²) in [7, 11) is 1.40. The van der Waals surface area contributed by atoms with E-state index in [1.165, 1.54) is 12.7 Å². The topological polar surface area (TPSA) is 62.7 Å². The molecule has 0 radical (unpaired) electrons. The molecule has 0 heterocycles. The van der Waals surface area contributed by atoms with Crippen molar-refractivity contribution in [3.63, 3.8) is 0 Å². The van der Waals surface area contributed by atoms with Gasteiger partial charge in [-0.3, -0.25) is 9.79 Å². The highest BCUT2D eigenvalue weighted by atomic mass is 127. The minimum atomic E-state index is -0.224. The summed E-state index contributed by atoms with van der Waals surface area (Å²) in [4.78, 5) is 16.1. The first kappa shape index (κ1) is 22.7. The lowest BCUT2D eigenvalue weighted by molar-refractivity contribution is -0.144. The predicted molar refractivity (Wildman–Crippen MR) is 110 cm³/mol. The van der Waals surface area contributed by atoms with E-state index in [0.717, 1.165) is 6.54 Å². The Morgan fingerprint density at radius 3 is 2.42 bits per heavy atom. The van der Waals surface area contributed by atoms with E-state index in [4.69, 9.17) is 4.74 Å². The van der Waals surface area contributed by atoms with Crippen LogP contribution < -0.4 is 10.6 Å². The number of carbonyl (C=O) groups excluding carboxylic acids is 1. The lowest BCUT2D eigenvalue weighted by Crippen LogP contribution is -2.41. The van der Waals surface area contributed by atoms with Crippen LogP contribution in [0.5, 0.6) is 0 Å². The van der Waals surface area contributed by atoms with Gasteiger partial charge in [0, 0.05) is 18.5 Å². The Balaban J connectivity index is 0.00000529. The molecule has 0 aliphatic heterocycles. The fourth-order valence-corrected chi connectivity index (χ4v) is 2.13. The van der Waals surface area contributed by atoms with Crippen LogP contribution in [0.25, 0.3) is 0 Å². The molecule has 0 aliphatic rings. The SMILES string of the molecule is CCNC(=NCC(C)(C)c1ccccc1)NCC(C)C(=O)OC.I. The Morgan fingerprint density at radius 2 is 1.88 bits per heavy atom. The number of methoxy groups -OCH3 is 1. The highest BCUT2D eigenvalue weighted by Crippen LogP contribution is 2.22. The number of hydrogen-bond donors (Lipinski definition) is 2. The maximum atomic E-state index is 11.5. The lowest BCUT2D eigenvalue weighted by atomic mass is 9.85. The van der Waals surface area contributed by atoms with Gasteiger partial charge in [-0.15, -0.1) is 24.0 Å². The Morgan fingerprint density at radius 1 is 1.25 bits per heavy atom. The summed E-state index contributed by atoms with van der Waals surface area (Å²) < 4.78 is 4.74. The van der Waals surface area contributed by atoms with Crippen LogP contribution >= 0.6 is 24.0 Å². The molecule has 24 heavy (non-hydrogen) atoms. The zero-order chi connectivity index (χ0) is 17.3. The fraction of sp³-hybridized carbons (Fsp3) is 0.556. The summed E-state index contributed by atoms with van der Waals surface area (Å²) in [6, 6.07) is 10.3. The largest absolute Gasteiger partial charge is 0.469 e. The maximum absolute atomic E-state index is 11.5. The number of carbonyl (C=O) groups is 1. The van der Waals surface area contributed by atoms with Crippen LogP contribution in [0.4, 0.5) is 0 Å². The number of esters is 1. The van der Waals surface area contributed by atoms with Crippen LogP contribution in [-0.2, 0) is 14.9 Å². The molecule has 0 aromatic heterocycles. The van der Waals surface area contributed by atoms with Crippen LogP contribution in [0.15, 0.2) is 35.3 Å². The second kappa shape index (κ2) is 11.3. The van der Waals surface area contributed by atoms with E-state index >= 15 is 0 Å². The molecule has 1 aromatic rings. The number of aliphatic imine (C=N–C) groups is 1. The monoisotopic (exact) mass is 447 g/mol. The number of nitrogens with zero attached hydrogens (tertiary/aromatic N) is 1. The molecule has 0 saturated carbocycles. The smallest absolute Gasteiger partial charge is 0.310 e. The van der Waals surface area contributed by atoms with Crippen molar-refractivity contribution in [3.8, 4) is 0 Å². The third-order valence-corrected chi connectivity index (χ3v) is 3.71. The summed E-state index contributed by atoms with van der Waals surface area (Å²) in [5.41, 5.74) is 1.19. The molecule has 0 fully saturated rings. The summed E-state index contributed by atoms with van der Waals surface area (Å²) in [5, 5.41) is 6.40. The molecule has 1 aromatic carbocycles. The van der Waals surface area contributed by atoms with Gasteiger partial charge in [-0.05, 0) is 12.5 Å². The van der Waals surface area contributed by atoms with Gasteiger partial charge in [0.1, 0.15) is 0 Å². The number of benzene rings is 1. The highest BCUT2D eigenvalue weighted by molar-refractivity contribution is 14.0. The van der Waals surface area contributed by atoms with Crippen LogP contribution in [0.2, 0.25) is 0 Å². The number of rotatable bonds is 7. The van der Waals surface area contributed by atoms with Crippen LogP contribution in [0, 0.1) is 5.92 Å². The van der Waals surface area contributed by atoms with Crippen LogP contribution in [-0.4, -0.2) is 38.7 Å². The summed E-state index contributed by atoms with van der Waals surface area (Å²) in [5.74, 6) is 0.274. The van der Waals surface area contributed by atoms with Gasteiger partial charge >= 0.3 is 5.97 Å². The van der Waals surface area contributed by atoms with Gasteiger partial charge in [0.25, 0.3) is 0 Å². The molecule has 0 saturated heterocycles. The molecule has 6 heteroatoms. The molecule has 2 N–H and O–H groups in total. The second-order valence-corrected chi connectivity index (χ2v) is 6.25. The lowest BCUT2D eigenvalue weighted by Gasteiger charge is -2.24. The molecule has 5 nitrogen and oxygen atoms in total. The van der Waals surface area contributed by atoms with Crippen molar-refractivity contribution in [2.24, 2.45) is 10.9 Å². The fourth-order valence-electron chi connectivity index (χ4n) is 2.13. The van der Waals surface area contributed by atoms with Gasteiger partial charge in [0.05, 0.1) is 19.6 Å². The van der Waals surface area contributed by atoms with E-state index in [1.807, 2.05) is 32.0 Å². The van der Waals surface area contributed by atoms with Crippen molar-refractivity contribution in [3.05, 3.63) is 35.9 Å². The van der Waals surface area contributed by atoms with Crippen molar-refractivity contribution in [2.75, 3.05) is 26.7 Å². The Kier molecular flexibility index (Phi) is 10.7. The van der Waals surface area contributed by atoms with E-state index in [0.29, 0.717) is 19.0 Å². The maximum Gasteiger partial charge on any atom is 0.310 e. The van der Waals surface area contributed by atoms with Gasteiger partial charge in [-0.1, -0.05) is 51.1 Å².